The SMILES string of the molecule is c1ccc(CN2CCCC[C@H]3NCCCC[C@@H]32)cc1. The van der Waals surface area contributed by atoms with E-state index in [1.54, 1.807) is 0 Å². The molecular weight excluding hydrogens is 232 g/mol. The summed E-state index contributed by atoms with van der Waals surface area (Å²) in [6, 6.07) is 12.5. The molecule has 2 heteroatoms. The number of benzene rings is 1. The maximum absolute atomic E-state index is 3.80. The molecule has 1 aromatic carbocycles. The largest absolute Gasteiger partial charge is 0.312 e. The van der Waals surface area contributed by atoms with Gasteiger partial charge in [0.15, 0.2) is 0 Å². The van der Waals surface area contributed by atoms with Crippen LogP contribution in [0.4, 0.5) is 0 Å². The van der Waals surface area contributed by atoms with Crippen LogP contribution in [0.1, 0.15) is 44.1 Å². The third kappa shape index (κ3) is 3.37. The Labute approximate surface area is 117 Å². The number of likely N-dealkylation sites (tertiary alicyclic amines) is 1. The minimum absolute atomic E-state index is 0.730. The van der Waals surface area contributed by atoms with Gasteiger partial charge in [-0.3, -0.25) is 4.90 Å². The topological polar surface area (TPSA) is 15.3 Å². The second-order valence-electron chi connectivity index (χ2n) is 6.08. The first-order valence-electron chi connectivity index (χ1n) is 7.95. The third-order valence-electron chi connectivity index (χ3n) is 4.71. The maximum Gasteiger partial charge on any atom is 0.0252 e. The molecule has 2 aliphatic heterocycles. The van der Waals surface area contributed by atoms with Crippen LogP contribution in [-0.2, 0) is 6.54 Å². The van der Waals surface area contributed by atoms with Gasteiger partial charge in [-0.05, 0) is 44.3 Å². The number of hydrogen-bond donors (Lipinski definition) is 1. The second-order valence-corrected chi connectivity index (χ2v) is 6.08. The molecule has 0 aliphatic carbocycles. The van der Waals surface area contributed by atoms with E-state index in [0.29, 0.717) is 0 Å². The average molecular weight is 258 g/mol. The van der Waals surface area contributed by atoms with E-state index in [9.17, 15) is 0 Å². The molecule has 2 saturated heterocycles. The normalized spacial score (nSPS) is 29.3. The van der Waals surface area contributed by atoms with Gasteiger partial charge in [-0.1, -0.05) is 43.2 Å². The van der Waals surface area contributed by atoms with Gasteiger partial charge in [0.1, 0.15) is 0 Å². The van der Waals surface area contributed by atoms with Gasteiger partial charge in [-0.2, -0.15) is 0 Å². The Hall–Kier alpha value is -0.860. The summed E-state index contributed by atoms with van der Waals surface area (Å²) in [5.74, 6) is 0. The zero-order valence-corrected chi connectivity index (χ0v) is 11.9. The molecule has 2 aliphatic rings. The molecule has 104 valence electrons. The van der Waals surface area contributed by atoms with Gasteiger partial charge in [0.05, 0.1) is 0 Å². The molecule has 2 heterocycles. The van der Waals surface area contributed by atoms with E-state index in [2.05, 4.69) is 40.5 Å². The van der Waals surface area contributed by atoms with Crippen molar-refractivity contribution in [2.75, 3.05) is 13.1 Å². The molecule has 0 spiro atoms. The van der Waals surface area contributed by atoms with Crippen molar-refractivity contribution in [3.05, 3.63) is 35.9 Å². The third-order valence-corrected chi connectivity index (χ3v) is 4.71. The highest BCUT2D eigenvalue weighted by molar-refractivity contribution is 5.14. The van der Waals surface area contributed by atoms with Crippen molar-refractivity contribution in [3.8, 4) is 0 Å². The van der Waals surface area contributed by atoms with E-state index in [4.69, 9.17) is 0 Å². The van der Waals surface area contributed by atoms with Crippen LogP contribution in [-0.4, -0.2) is 30.1 Å². The van der Waals surface area contributed by atoms with Crippen LogP contribution in [0.2, 0.25) is 0 Å². The zero-order valence-electron chi connectivity index (χ0n) is 11.9. The number of rotatable bonds is 2. The summed E-state index contributed by atoms with van der Waals surface area (Å²) in [7, 11) is 0. The Kier molecular flexibility index (Phi) is 4.52. The van der Waals surface area contributed by atoms with Gasteiger partial charge in [0.25, 0.3) is 0 Å². The van der Waals surface area contributed by atoms with Crippen LogP contribution in [0.15, 0.2) is 30.3 Å². The molecule has 2 fully saturated rings. The molecule has 19 heavy (non-hydrogen) atoms. The lowest BCUT2D eigenvalue weighted by atomic mass is 9.99. The molecule has 0 amide bonds. The fourth-order valence-corrected chi connectivity index (χ4v) is 3.69. The standard InChI is InChI=1S/C17H26N2/c1-2-8-15(9-3-1)14-19-13-7-5-10-16-17(19)11-4-6-12-18-16/h1-3,8-9,16-18H,4-7,10-14H2/t16-,17+/m1/s1. The van der Waals surface area contributed by atoms with Crippen LogP contribution < -0.4 is 5.32 Å². The Bertz CT molecular complexity index is 374. The molecule has 3 rings (SSSR count). The molecule has 0 radical (unpaired) electrons. The highest BCUT2D eigenvalue weighted by Gasteiger charge is 2.30. The molecule has 1 N–H and O–H groups in total. The van der Waals surface area contributed by atoms with Crippen LogP contribution in [0, 0.1) is 0 Å². The van der Waals surface area contributed by atoms with E-state index in [1.165, 1.54) is 57.2 Å². The minimum Gasteiger partial charge on any atom is -0.312 e. The van der Waals surface area contributed by atoms with Gasteiger partial charge in [0.2, 0.25) is 0 Å². The van der Waals surface area contributed by atoms with Crippen LogP contribution in [0.5, 0.6) is 0 Å². The predicted octanol–water partition coefficient (Wildman–Crippen LogP) is 3.18. The van der Waals surface area contributed by atoms with Gasteiger partial charge >= 0.3 is 0 Å². The molecular formula is C17H26N2. The van der Waals surface area contributed by atoms with E-state index >= 15 is 0 Å². The predicted molar refractivity (Wildman–Crippen MR) is 80.1 cm³/mol. The summed E-state index contributed by atoms with van der Waals surface area (Å²) in [5.41, 5.74) is 1.47. The van der Waals surface area contributed by atoms with Gasteiger partial charge in [-0.25, -0.2) is 0 Å². The average Bonchev–Trinajstić information content (AvgIpc) is 2.77. The molecule has 2 nitrogen and oxygen atoms in total. The molecule has 0 saturated carbocycles. The summed E-state index contributed by atoms with van der Waals surface area (Å²) < 4.78 is 0. The first-order valence-corrected chi connectivity index (χ1v) is 7.95. The monoisotopic (exact) mass is 258 g/mol. The quantitative estimate of drug-likeness (QED) is 0.876. The fourth-order valence-electron chi connectivity index (χ4n) is 3.69. The van der Waals surface area contributed by atoms with Crippen molar-refractivity contribution >= 4 is 0 Å². The first-order chi connectivity index (χ1) is 9.43. The van der Waals surface area contributed by atoms with Crippen molar-refractivity contribution < 1.29 is 0 Å². The minimum atomic E-state index is 0.730. The van der Waals surface area contributed by atoms with Crippen molar-refractivity contribution in [1.29, 1.82) is 0 Å². The number of nitrogens with zero attached hydrogens (tertiary/aromatic N) is 1. The maximum atomic E-state index is 3.80. The molecule has 1 aromatic rings. The van der Waals surface area contributed by atoms with Gasteiger partial charge in [0, 0.05) is 18.6 Å². The van der Waals surface area contributed by atoms with Crippen molar-refractivity contribution in [3.63, 3.8) is 0 Å². The summed E-state index contributed by atoms with van der Waals surface area (Å²) in [4.78, 5) is 2.74. The Balaban J connectivity index is 1.73. The summed E-state index contributed by atoms with van der Waals surface area (Å²) in [5, 5.41) is 3.80. The van der Waals surface area contributed by atoms with Crippen molar-refractivity contribution in [2.24, 2.45) is 0 Å². The van der Waals surface area contributed by atoms with Crippen LogP contribution >= 0.6 is 0 Å². The lowest BCUT2D eigenvalue weighted by molar-refractivity contribution is 0.159. The fraction of sp³-hybridized carbons (Fsp3) is 0.647. The van der Waals surface area contributed by atoms with E-state index < -0.39 is 0 Å². The molecule has 0 aromatic heterocycles. The van der Waals surface area contributed by atoms with Crippen LogP contribution in [0.3, 0.4) is 0 Å². The highest BCUT2D eigenvalue weighted by atomic mass is 15.2. The van der Waals surface area contributed by atoms with E-state index in [0.717, 1.165) is 18.6 Å². The smallest absolute Gasteiger partial charge is 0.0252 e. The Morgan fingerprint density at radius 2 is 1.84 bits per heavy atom. The second kappa shape index (κ2) is 6.53. The van der Waals surface area contributed by atoms with Crippen molar-refractivity contribution in [2.45, 2.75) is 57.2 Å². The highest BCUT2D eigenvalue weighted by Crippen LogP contribution is 2.25. The molecule has 0 unspecified atom stereocenters. The van der Waals surface area contributed by atoms with Gasteiger partial charge in [-0.15, -0.1) is 0 Å². The van der Waals surface area contributed by atoms with E-state index in [1.807, 2.05) is 0 Å². The number of fused-ring (bicyclic) bond motifs is 1. The summed E-state index contributed by atoms with van der Waals surface area (Å²) in [6.45, 7) is 3.63. The van der Waals surface area contributed by atoms with Crippen LogP contribution in [0.25, 0.3) is 0 Å². The number of hydrogen-bond acceptors (Lipinski definition) is 2. The molecule has 2 atom stereocenters. The Morgan fingerprint density at radius 3 is 2.74 bits per heavy atom. The zero-order chi connectivity index (χ0) is 12.9. The molecule has 0 bridgehead atoms. The number of nitrogens with one attached hydrogen (secondary N) is 1. The lowest BCUT2D eigenvalue weighted by Crippen LogP contribution is -2.47. The summed E-state index contributed by atoms with van der Waals surface area (Å²) >= 11 is 0. The first kappa shape index (κ1) is 13.1. The van der Waals surface area contributed by atoms with Crippen molar-refractivity contribution in [1.82, 2.24) is 10.2 Å². The Morgan fingerprint density at radius 1 is 1.00 bits per heavy atom. The summed E-state index contributed by atoms with van der Waals surface area (Å²) in [6.07, 6.45) is 8.24. The van der Waals surface area contributed by atoms with E-state index in [-0.39, 0.29) is 0 Å². The lowest BCUT2D eigenvalue weighted by Gasteiger charge is -2.34. The van der Waals surface area contributed by atoms with Gasteiger partial charge < -0.3 is 5.32 Å².